The molecule has 7 heteroatoms. The van der Waals surface area contributed by atoms with E-state index in [-0.39, 0.29) is 0 Å². The fourth-order valence-electron chi connectivity index (χ4n) is 2.39. The predicted octanol–water partition coefficient (Wildman–Crippen LogP) is 4.43. The van der Waals surface area contributed by atoms with Crippen molar-refractivity contribution in [2.75, 3.05) is 38.6 Å². The van der Waals surface area contributed by atoms with Crippen molar-refractivity contribution in [1.29, 1.82) is 5.26 Å². The summed E-state index contributed by atoms with van der Waals surface area (Å²) < 4.78 is 4.16. The molecule has 0 fully saturated rings. The summed E-state index contributed by atoms with van der Waals surface area (Å²) in [6, 6.07) is 8.32. The van der Waals surface area contributed by atoms with E-state index in [0.717, 1.165) is 30.9 Å². The van der Waals surface area contributed by atoms with Gasteiger partial charge in [-0.2, -0.15) is 9.64 Å². The minimum absolute atomic E-state index is 0.504. The molecule has 0 bridgehead atoms. The summed E-state index contributed by atoms with van der Waals surface area (Å²) in [5.74, 6) is 0. The van der Waals surface area contributed by atoms with Crippen LogP contribution in [0.1, 0.15) is 23.7 Å². The minimum atomic E-state index is 0.504. The monoisotopic (exact) mass is 356 g/mol. The number of rotatable bonds is 7. The van der Waals surface area contributed by atoms with E-state index in [1.807, 2.05) is 13.0 Å². The smallest absolute Gasteiger partial charge is 0.176 e. The van der Waals surface area contributed by atoms with Crippen LogP contribution in [-0.2, 0) is 0 Å². The van der Waals surface area contributed by atoms with Gasteiger partial charge in [0.25, 0.3) is 0 Å². The van der Waals surface area contributed by atoms with E-state index in [1.165, 1.54) is 17.2 Å². The average Bonchev–Trinajstić information content (AvgIpc) is 2.94. The second-order valence-corrected chi connectivity index (χ2v) is 6.87. The molecular formula is C18H24N6S. The number of benzene rings is 1. The van der Waals surface area contributed by atoms with Crippen LogP contribution in [0.2, 0.25) is 0 Å². The van der Waals surface area contributed by atoms with E-state index in [1.54, 1.807) is 6.92 Å². The van der Waals surface area contributed by atoms with E-state index in [4.69, 9.17) is 5.26 Å². The number of aromatic nitrogens is 1. The van der Waals surface area contributed by atoms with Crippen molar-refractivity contribution in [3.05, 3.63) is 35.0 Å². The van der Waals surface area contributed by atoms with Gasteiger partial charge in [-0.25, -0.2) is 0 Å². The lowest BCUT2D eigenvalue weighted by Gasteiger charge is -2.25. The third-order valence-electron chi connectivity index (χ3n) is 3.95. The van der Waals surface area contributed by atoms with Gasteiger partial charge in [-0.05, 0) is 70.2 Å². The molecule has 0 unspecified atom stereocenters. The zero-order valence-corrected chi connectivity index (χ0v) is 16.3. The van der Waals surface area contributed by atoms with Crippen molar-refractivity contribution < 1.29 is 0 Å². The molecule has 0 aliphatic heterocycles. The maximum Gasteiger partial charge on any atom is 0.176 e. The van der Waals surface area contributed by atoms with Crippen LogP contribution < -0.4 is 4.90 Å². The molecule has 25 heavy (non-hydrogen) atoms. The fourth-order valence-corrected chi connectivity index (χ4v) is 3.07. The minimum Gasteiger partial charge on any atom is -0.371 e. The van der Waals surface area contributed by atoms with Crippen LogP contribution in [0.4, 0.5) is 16.4 Å². The van der Waals surface area contributed by atoms with Gasteiger partial charge < -0.3 is 9.80 Å². The lowest BCUT2D eigenvalue weighted by molar-refractivity contribution is 0.414. The maximum absolute atomic E-state index is 9.16. The molecule has 1 heterocycles. The summed E-state index contributed by atoms with van der Waals surface area (Å²) >= 11 is 1.20. The van der Waals surface area contributed by atoms with Crippen molar-refractivity contribution in [2.24, 2.45) is 10.2 Å². The van der Waals surface area contributed by atoms with Gasteiger partial charge in [0.2, 0.25) is 0 Å². The summed E-state index contributed by atoms with van der Waals surface area (Å²) in [6.07, 6.45) is 0. The van der Waals surface area contributed by atoms with Crippen molar-refractivity contribution in [3.8, 4) is 6.07 Å². The van der Waals surface area contributed by atoms with Gasteiger partial charge in [0.1, 0.15) is 11.6 Å². The van der Waals surface area contributed by atoms with Gasteiger partial charge in [-0.1, -0.05) is 0 Å². The van der Waals surface area contributed by atoms with Gasteiger partial charge in [0, 0.05) is 25.3 Å². The van der Waals surface area contributed by atoms with Crippen LogP contribution in [0.3, 0.4) is 0 Å². The number of azo groups is 1. The Labute approximate surface area is 153 Å². The molecule has 0 N–H and O–H groups in total. The molecule has 2 aromatic rings. The highest BCUT2D eigenvalue weighted by molar-refractivity contribution is 7.10. The van der Waals surface area contributed by atoms with Crippen molar-refractivity contribution >= 4 is 27.9 Å². The second kappa shape index (κ2) is 8.70. The molecule has 0 spiro atoms. The van der Waals surface area contributed by atoms with Crippen LogP contribution in [0.15, 0.2) is 28.4 Å². The van der Waals surface area contributed by atoms with Crippen molar-refractivity contribution in [2.45, 2.75) is 20.8 Å². The topological polar surface area (TPSA) is 67.9 Å². The Balaban J connectivity index is 2.18. The molecule has 0 saturated heterocycles. The third kappa shape index (κ3) is 4.84. The number of hydrogen-bond acceptors (Lipinski definition) is 7. The van der Waals surface area contributed by atoms with Crippen LogP contribution in [0, 0.1) is 25.2 Å². The Hall–Kier alpha value is -2.30. The lowest BCUT2D eigenvalue weighted by Crippen LogP contribution is -2.31. The molecule has 132 valence electrons. The van der Waals surface area contributed by atoms with Crippen LogP contribution in [-0.4, -0.2) is 43.0 Å². The van der Waals surface area contributed by atoms with Crippen LogP contribution >= 0.6 is 11.5 Å². The Morgan fingerprint density at radius 3 is 2.56 bits per heavy atom. The first-order valence-corrected chi connectivity index (χ1v) is 9.02. The molecule has 0 amide bonds. The highest BCUT2D eigenvalue weighted by Crippen LogP contribution is 2.30. The van der Waals surface area contributed by atoms with Gasteiger partial charge >= 0.3 is 0 Å². The standard InChI is InChI=1S/C18H24N6S/c1-6-24(10-9-23(4)5)15-7-8-17(13(2)11-15)20-21-18-16(12-19)14(3)22-25-18/h7-8,11H,6,9-10H2,1-5H3. The Morgan fingerprint density at radius 1 is 1.20 bits per heavy atom. The molecular weight excluding hydrogens is 332 g/mol. The first-order chi connectivity index (χ1) is 12.0. The zero-order valence-electron chi connectivity index (χ0n) is 15.4. The number of nitriles is 1. The third-order valence-corrected chi connectivity index (χ3v) is 4.77. The first-order valence-electron chi connectivity index (χ1n) is 8.24. The van der Waals surface area contributed by atoms with Gasteiger partial charge in [0.05, 0.1) is 11.4 Å². The number of likely N-dealkylation sites (N-methyl/N-ethyl adjacent to an activating group) is 2. The molecule has 2 rings (SSSR count). The number of anilines is 1. The molecule has 0 aliphatic carbocycles. The zero-order chi connectivity index (χ0) is 18.4. The lowest BCUT2D eigenvalue weighted by atomic mass is 10.1. The van der Waals surface area contributed by atoms with Gasteiger partial charge in [-0.15, -0.1) is 10.2 Å². The first kappa shape index (κ1) is 19.0. The van der Waals surface area contributed by atoms with Crippen LogP contribution in [0.5, 0.6) is 0 Å². The summed E-state index contributed by atoms with van der Waals surface area (Å²) in [5.41, 5.74) is 4.26. The Morgan fingerprint density at radius 2 is 1.96 bits per heavy atom. The number of nitrogens with zero attached hydrogens (tertiary/aromatic N) is 6. The highest BCUT2D eigenvalue weighted by Gasteiger charge is 2.10. The quantitative estimate of drug-likeness (QED) is 0.688. The van der Waals surface area contributed by atoms with E-state index < -0.39 is 0 Å². The Kier molecular flexibility index (Phi) is 6.62. The molecule has 6 nitrogen and oxygen atoms in total. The summed E-state index contributed by atoms with van der Waals surface area (Å²) in [4.78, 5) is 4.52. The highest BCUT2D eigenvalue weighted by atomic mass is 32.1. The molecule has 0 saturated carbocycles. The van der Waals surface area contributed by atoms with Gasteiger partial charge in [0.15, 0.2) is 5.00 Å². The van der Waals surface area contributed by atoms with E-state index in [0.29, 0.717) is 16.3 Å². The van der Waals surface area contributed by atoms with Crippen LogP contribution in [0.25, 0.3) is 0 Å². The van der Waals surface area contributed by atoms with Gasteiger partial charge in [-0.3, -0.25) is 0 Å². The SMILES string of the molecule is CCN(CCN(C)C)c1ccc(N=Nc2snc(C)c2C#N)c(C)c1. The largest absolute Gasteiger partial charge is 0.371 e. The Bertz CT molecular complexity index is 787. The second-order valence-electron chi connectivity index (χ2n) is 6.11. The van der Waals surface area contributed by atoms with E-state index in [2.05, 4.69) is 63.6 Å². The molecule has 0 aliphatic rings. The molecule has 0 radical (unpaired) electrons. The molecule has 1 aromatic heterocycles. The van der Waals surface area contributed by atoms with E-state index >= 15 is 0 Å². The van der Waals surface area contributed by atoms with Crippen molar-refractivity contribution in [3.63, 3.8) is 0 Å². The summed E-state index contributed by atoms with van der Waals surface area (Å²) in [7, 11) is 4.17. The normalized spacial score (nSPS) is 11.2. The average molecular weight is 356 g/mol. The maximum atomic E-state index is 9.16. The molecule has 1 aromatic carbocycles. The summed E-state index contributed by atoms with van der Waals surface area (Å²) in [6.45, 7) is 8.95. The number of aryl methyl sites for hydroxylation is 2. The predicted molar refractivity (Wildman–Crippen MR) is 103 cm³/mol. The fraction of sp³-hybridized carbons (Fsp3) is 0.444. The van der Waals surface area contributed by atoms with E-state index in [9.17, 15) is 0 Å². The number of hydrogen-bond donors (Lipinski definition) is 0. The summed E-state index contributed by atoms with van der Waals surface area (Å²) in [5, 5.41) is 18.3. The van der Waals surface area contributed by atoms with Crippen molar-refractivity contribution in [1.82, 2.24) is 9.27 Å². The molecule has 0 atom stereocenters.